The minimum atomic E-state index is -0.324. The Balaban J connectivity index is 2.94. The molecular weight excluding hydrogens is 186 g/mol. The van der Waals surface area contributed by atoms with Crippen LogP contribution in [0.1, 0.15) is 24.2 Å². The summed E-state index contributed by atoms with van der Waals surface area (Å²) in [7, 11) is 0. The van der Waals surface area contributed by atoms with Crippen LogP contribution >= 0.6 is 11.6 Å². The zero-order valence-electron chi connectivity index (χ0n) is 7.37. The molecule has 0 spiro atoms. The van der Waals surface area contributed by atoms with Gasteiger partial charge in [0.15, 0.2) is 0 Å². The van der Waals surface area contributed by atoms with Crippen molar-refractivity contribution in [1.82, 2.24) is 9.97 Å². The molecule has 0 aromatic carbocycles. The normalized spacial score (nSPS) is 12.1. The van der Waals surface area contributed by atoms with Gasteiger partial charge in [0.1, 0.15) is 12.2 Å². The number of nitrogens with zero attached hydrogens (tertiary/aromatic N) is 3. The van der Waals surface area contributed by atoms with E-state index in [1.807, 2.05) is 13.0 Å². The molecule has 0 fully saturated rings. The highest BCUT2D eigenvalue weighted by Gasteiger charge is 2.10. The van der Waals surface area contributed by atoms with Crippen molar-refractivity contribution >= 4 is 11.6 Å². The summed E-state index contributed by atoms with van der Waals surface area (Å²) in [5, 5.41) is 8.75. The van der Waals surface area contributed by atoms with Gasteiger partial charge in [0.2, 0.25) is 0 Å². The number of aryl methyl sites for hydroxylation is 1. The molecule has 0 saturated heterocycles. The number of alkyl halides is 1. The molecule has 1 heterocycles. The Morgan fingerprint density at radius 1 is 1.62 bits per heavy atom. The summed E-state index contributed by atoms with van der Waals surface area (Å²) < 4.78 is 0. The summed E-state index contributed by atoms with van der Waals surface area (Å²) in [5.74, 6) is -0.0496. The van der Waals surface area contributed by atoms with Crippen molar-refractivity contribution in [2.24, 2.45) is 0 Å². The Bertz CT molecular complexity index is 319. The van der Waals surface area contributed by atoms with Crippen LogP contribution in [0, 0.1) is 11.3 Å². The second kappa shape index (κ2) is 4.78. The maximum absolute atomic E-state index is 8.75. The third kappa shape index (κ3) is 2.40. The van der Waals surface area contributed by atoms with E-state index in [0.29, 0.717) is 5.69 Å². The minimum absolute atomic E-state index is 0.274. The average molecular weight is 196 g/mol. The molecular formula is C9H10ClN3. The van der Waals surface area contributed by atoms with E-state index in [2.05, 4.69) is 16.0 Å². The van der Waals surface area contributed by atoms with Crippen molar-refractivity contribution in [1.29, 1.82) is 5.26 Å². The first-order valence-corrected chi connectivity index (χ1v) is 4.61. The molecule has 13 heavy (non-hydrogen) atoms. The number of halogens is 1. The summed E-state index contributed by atoms with van der Waals surface area (Å²) in [6.45, 7) is 2.01. The summed E-state index contributed by atoms with van der Waals surface area (Å²) >= 11 is 5.61. The molecule has 0 bridgehead atoms. The predicted octanol–water partition coefficient (Wildman–Crippen LogP) is 1.88. The molecule has 0 aliphatic heterocycles. The Labute approximate surface area is 82.4 Å². The molecule has 1 atom stereocenters. The van der Waals surface area contributed by atoms with Gasteiger partial charge in [0, 0.05) is 11.6 Å². The topological polar surface area (TPSA) is 49.6 Å². The number of rotatable bonds is 3. The highest BCUT2D eigenvalue weighted by molar-refractivity contribution is 6.18. The van der Waals surface area contributed by atoms with Crippen LogP contribution < -0.4 is 0 Å². The maximum atomic E-state index is 8.75. The van der Waals surface area contributed by atoms with Crippen LogP contribution in [0.4, 0.5) is 0 Å². The lowest BCUT2D eigenvalue weighted by molar-refractivity contribution is 0.881. The summed E-state index contributed by atoms with van der Waals surface area (Å²) in [6.07, 6.45) is 2.32. The van der Waals surface area contributed by atoms with Gasteiger partial charge in [-0.25, -0.2) is 9.97 Å². The van der Waals surface area contributed by atoms with Gasteiger partial charge in [-0.2, -0.15) is 5.26 Å². The third-order valence-electron chi connectivity index (χ3n) is 1.77. The fraction of sp³-hybridized carbons (Fsp3) is 0.444. The molecule has 1 rings (SSSR count). The van der Waals surface area contributed by atoms with E-state index in [0.717, 1.165) is 12.1 Å². The van der Waals surface area contributed by atoms with Crippen molar-refractivity contribution in [3.8, 4) is 6.07 Å². The number of hydrogen-bond acceptors (Lipinski definition) is 3. The standard InChI is InChI=1S/C9H10ClN3/c1-2-8-3-9(13-6-12-8)7(4-10)5-11/h3,6-7H,2,4H2,1H3. The highest BCUT2D eigenvalue weighted by Crippen LogP contribution is 2.14. The van der Waals surface area contributed by atoms with Crippen molar-refractivity contribution in [2.75, 3.05) is 5.88 Å². The van der Waals surface area contributed by atoms with E-state index in [1.54, 1.807) is 0 Å². The predicted molar refractivity (Wildman–Crippen MR) is 50.5 cm³/mol. The zero-order chi connectivity index (χ0) is 9.68. The number of hydrogen-bond donors (Lipinski definition) is 0. The SMILES string of the molecule is CCc1cc(C(C#N)CCl)ncn1. The average Bonchev–Trinajstić information content (AvgIpc) is 2.20. The molecule has 0 radical (unpaired) electrons. The monoisotopic (exact) mass is 195 g/mol. The lowest BCUT2D eigenvalue weighted by Gasteiger charge is -2.04. The van der Waals surface area contributed by atoms with Crippen LogP contribution in [0.25, 0.3) is 0 Å². The molecule has 4 heteroatoms. The van der Waals surface area contributed by atoms with Gasteiger partial charge in [-0.15, -0.1) is 11.6 Å². The van der Waals surface area contributed by atoms with Crippen LogP contribution in [0.15, 0.2) is 12.4 Å². The van der Waals surface area contributed by atoms with Gasteiger partial charge in [0.25, 0.3) is 0 Å². The molecule has 68 valence electrons. The molecule has 1 aromatic rings. The summed E-state index contributed by atoms with van der Waals surface area (Å²) in [4.78, 5) is 8.06. The van der Waals surface area contributed by atoms with Crippen LogP contribution in [0.3, 0.4) is 0 Å². The Kier molecular flexibility index (Phi) is 3.66. The molecule has 0 aliphatic rings. The Morgan fingerprint density at radius 3 is 2.92 bits per heavy atom. The van der Waals surface area contributed by atoms with Crippen LogP contribution in [0.5, 0.6) is 0 Å². The van der Waals surface area contributed by atoms with Crippen molar-refractivity contribution in [2.45, 2.75) is 19.3 Å². The molecule has 1 unspecified atom stereocenters. The molecule has 0 saturated carbocycles. The Morgan fingerprint density at radius 2 is 2.38 bits per heavy atom. The smallest absolute Gasteiger partial charge is 0.115 e. The van der Waals surface area contributed by atoms with Crippen molar-refractivity contribution in [3.63, 3.8) is 0 Å². The largest absolute Gasteiger partial charge is 0.241 e. The van der Waals surface area contributed by atoms with Gasteiger partial charge in [-0.05, 0) is 12.5 Å². The molecule has 0 amide bonds. The lowest BCUT2D eigenvalue weighted by Crippen LogP contribution is -2.02. The zero-order valence-corrected chi connectivity index (χ0v) is 8.12. The molecule has 0 aliphatic carbocycles. The summed E-state index contributed by atoms with van der Waals surface area (Å²) in [6, 6.07) is 3.93. The van der Waals surface area contributed by atoms with E-state index in [4.69, 9.17) is 16.9 Å². The van der Waals surface area contributed by atoms with Gasteiger partial charge < -0.3 is 0 Å². The fourth-order valence-electron chi connectivity index (χ4n) is 0.979. The van der Waals surface area contributed by atoms with Crippen LogP contribution in [-0.2, 0) is 6.42 Å². The van der Waals surface area contributed by atoms with E-state index < -0.39 is 0 Å². The van der Waals surface area contributed by atoms with Gasteiger partial charge >= 0.3 is 0 Å². The maximum Gasteiger partial charge on any atom is 0.115 e. The highest BCUT2D eigenvalue weighted by atomic mass is 35.5. The first-order chi connectivity index (χ1) is 6.31. The van der Waals surface area contributed by atoms with Gasteiger partial charge in [-0.1, -0.05) is 6.92 Å². The lowest BCUT2D eigenvalue weighted by atomic mass is 10.1. The van der Waals surface area contributed by atoms with E-state index >= 15 is 0 Å². The Hall–Kier alpha value is -1.14. The first kappa shape index (κ1) is 9.94. The van der Waals surface area contributed by atoms with Crippen LogP contribution in [0.2, 0.25) is 0 Å². The minimum Gasteiger partial charge on any atom is -0.241 e. The molecule has 1 aromatic heterocycles. The quantitative estimate of drug-likeness (QED) is 0.692. The first-order valence-electron chi connectivity index (χ1n) is 4.08. The van der Waals surface area contributed by atoms with Crippen LogP contribution in [-0.4, -0.2) is 15.8 Å². The van der Waals surface area contributed by atoms with E-state index in [-0.39, 0.29) is 11.8 Å². The molecule has 3 nitrogen and oxygen atoms in total. The second-order valence-electron chi connectivity index (χ2n) is 2.62. The molecule has 0 N–H and O–H groups in total. The van der Waals surface area contributed by atoms with Crippen molar-refractivity contribution in [3.05, 3.63) is 23.8 Å². The fourth-order valence-corrected chi connectivity index (χ4v) is 1.21. The van der Waals surface area contributed by atoms with E-state index in [9.17, 15) is 0 Å². The van der Waals surface area contributed by atoms with E-state index in [1.165, 1.54) is 6.33 Å². The van der Waals surface area contributed by atoms with Crippen molar-refractivity contribution < 1.29 is 0 Å². The second-order valence-corrected chi connectivity index (χ2v) is 2.93. The van der Waals surface area contributed by atoms with Gasteiger partial charge in [-0.3, -0.25) is 0 Å². The third-order valence-corrected chi connectivity index (χ3v) is 2.08. The van der Waals surface area contributed by atoms with Gasteiger partial charge in [0.05, 0.1) is 11.8 Å². The summed E-state index contributed by atoms with van der Waals surface area (Å²) in [5.41, 5.74) is 1.65. The number of nitriles is 1. The number of aromatic nitrogens is 2.